The smallest absolute Gasteiger partial charge is 0.333 e. The topological polar surface area (TPSA) is 39.2 Å². The molecule has 6 aliphatic heterocycles. The summed E-state index contributed by atoms with van der Waals surface area (Å²) in [6.45, 7) is 51.5. The average molecular weight is 1800 g/mol. The Balaban J connectivity index is 0.660. The number of aryl methyl sites for hydroxylation is 1. The van der Waals surface area contributed by atoms with Crippen molar-refractivity contribution in [3.8, 4) is 44.5 Å². The molecule has 6 nitrogen and oxygen atoms in total. The minimum atomic E-state index is -0.303. The first kappa shape index (κ1) is 82.7. The summed E-state index contributed by atoms with van der Waals surface area (Å²) in [5.41, 5.74) is 51.1. The molecule has 18 aromatic rings. The van der Waals surface area contributed by atoms with E-state index in [-0.39, 0.29) is 67.8 Å². The molecule has 137 heavy (non-hydrogen) atoms. The third-order valence-corrected chi connectivity index (χ3v) is 37.8. The SMILES string of the molecule is Cc1cc2c(cc1N1c3cc4c(cc3B3c5c(cc6c(oc7cc(CC8(C)CCC(C)(C)c9cc%10sc%11cc%12c(cc%11c%10cc98)B8c9c(cc%10c(oc%11ccccc%11%10)c9-c9cccc%10c9N8c8ccccc8C%10(C)C)N%12c8ccc(C(C)(C)C)cc8-c8ccccc8)ccc76)c51)-c1cccc5c1N3c1ccccc1C5(C)C)C(C)(C)c1cc3c(cc1-4)C(C)(C)CCC3(C)C)C(C)(C)CCC2(C)C. The Bertz CT molecular complexity index is 8580. The van der Waals surface area contributed by atoms with Crippen molar-refractivity contribution >= 4 is 168 Å². The highest BCUT2D eigenvalue weighted by atomic mass is 32.1. The second-order valence-corrected chi connectivity index (χ2v) is 50.3. The van der Waals surface area contributed by atoms with Gasteiger partial charge in [0, 0.05) is 126 Å². The molecular weight excluding hydrogens is 1680 g/mol. The van der Waals surface area contributed by atoms with E-state index in [2.05, 4.69) is 414 Å². The second-order valence-electron chi connectivity index (χ2n) is 49.2. The van der Waals surface area contributed by atoms with Crippen molar-refractivity contribution in [3.05, 3.63) is 332 Å². The van der Waals surface area contributed by atoms with Gasteiger partial charge in [0.05, 0.1) is 11.4 Å². The van der Waals surface area contributed by atoms with E-state index in [0.29, 0.717) is 0 Å². The standard InChI is InChI=1S/C128H118B2N4O2S/c1-70-55-92-95(123(11,12)52-49-120(92,5)6)66-103(70)132-104-62-80-79-59-93-94(122(9,10)51-50-121(93,7)8)64-90(79)127(19,20)91(80)65-99(104)129-112-83(76-36-31-40-88-114(76)133(129)101-42-28-26-38-86(101)125(88,15)16)58-84-75-47-45-71(56-108(75)136-118(84)116(112)132)69-128(21)54-53-124(13,14)96-67-109-81(60-97(96)128)82-61-98-105(68-110(82)137-109)131(100-48-46-73(119(2,3)4)57-78(100)72-33-23-22-24-34-72)106-63-85-74-35-25-30-44-107(74)135-117(85)111-77-37-32-41-89-115(77)134(130(98)113(106)111)102-43-29-27-39-87(102)126(89,17)18/h22-48,55-68H,49-54,69H2,1-21H3. The maximum atomic E-state index is 8.18. The number of rotatable bonds is 5. The molecule has 0 fully saturated rings. The number of hydrogen-bond acceptors (Lipinski definition) is 7. The normalized spacial score (nSPS) is 19.5. The van der Waals surface area contributed by atoms with Gasteiger partial charge in [-0.3, -0.25) is 0 Å². The van der Waals surface area contributed by atoms with Crippen molar-refractivity contribution in [1.82, 2.24) is 0 Å². The zero-order valence-corrected chi connectivity index (χ0v) is 84.1. The van der Waals surface area contributed by atoms with Crippen LogP contribution in [-0.2, 0) is 60.6 Å². The number of fused-ring (bicyclic) bond motifs is 29. The van der Waals surface area contributed by atoms with Gasteiger partial charge in [0.15, 0.2) is 5.58 Å². The van der Waals surface area contributed by atoms with Crippen LogP contribution in [0.4, 0.5) is 56.9 Å². The Morgan fingerprint density at radius 3 is 1.54 bits per heavy atom. The lowest BCUT2D eigenvalue weighted by atomic mass is 9.42. The zero-order valence-electron chi connectivity index (χ0n) is 83.3. The fourth-order valence-corrected chi connectivity index (χ4v) is 29.7. The molecule has 0 amide bonds. The van der Waals surface area contributed by atoms with Gasteiger partial charge >= 0.3 is 13.7 Å². The molecule has 0 saturated heterocycles. The van der Waals surface area contributed by atoms with Crippen molar-refractivity contribution in [1.29, 1.82) is 0 Å². The molecule has 674 valence electrons. The number of furan rings is 2. The van der Waals surface area contributed by atoms with Gasteiger partial charge in [-0.15, -0.1) is 11.3 Å². The van der Waals surface area contributed by atoms with Gasteiger partial charge in [-0.1, -0.05) is 302 Å². The minimum absolute atomic E-state index is 0.0116. The van der Waals surface area contributed by atoms with Crippen LogP contribution >= 0.6 is 11.3 Å². The highest BCUT2D eigenvalue weighted by Gasteiger charge is 2.57. The molecule has 15 aromatic carbocycles. The zero-order chi connectivity index (χ0) is 93.8. The van der Waals surface area contributed by atoms with Gasteiger partial charge in [-0.25, -0.2) is 0 Å². The first-order valence-electron chi connectivity index (χ1n) is 50.7. The van der Waals surface area contributed by atoms with Gasteiger partial charge in [0.2, 0.25) is 0 Å². The number of thiophene rings is 1. The molecule has 3 aromatic heterocycles. The lowest BCUT2D eigenvalue weighted by molar-refractivity contribution is 0.311. The van der Waals surface area contributed by atoms with Crippen LogP contribution in [0.2, 0.25) is 0 Å². The van der Waals surface area contributed by atoms with Crippen LogP contribution in [-0.4, -0.2) is 13.7 Å². The predicted molar refractivity (Wildman–Crippen MR) is 582 cm³/mol. The van der Waals surface area contributed by atoms with Gasteiger partial charge < -0.3 is 28.3 Å². The Morgan fingerprint density at radius 2 is 0.847 bits per heavy atom. The second kappa shape index (κ2) is 26.7. The highest BCUT2D eigenvalue weighted by Crippen LogP contribution is 2.65. The lowest BCUT2D eigenvalue weighted by Gasteiger charge is -2.51. The fraction of sp³-hybridized carbons (Fsp3) is 0.297. The predicted octanol–water partition coefficient (Wildman–Crippen LogP) is 32.4. The van der Waals surface area contributed by atoms with Crippen LogP contribution in [0.1, 0.15) is 260 Å². The third-order valence-electron chi connectivity index (χ3n) is 36.7. The van der Waals surface area contributed by atoms with Gasteiger partial charge in [-0.2, -0.15) is 0 Å². The van der Waals surface area contributed by atoms with Crippen LogP contribution < -0.4 is 41.3 Å². The molecule has 0 spiro atoms. The van der Waals surface area contributed by atoms with E-state index in [0.717, 1.165) is 93.8 Å². The summed E-state index contributed by atoms with van der Waals surface area (Å²) in [6.07, 6.45) is 7.54. The van der Waals surface area contributed by atoms with Crippen LogP contribution in [0.25, 0.3) is 109 Å². The monoisotopic (exact) mass is 1800 g/mol. The third kappa shape index (κ3) is 10.8. The van der Waals surface area contributed by atoms with E-state index in [1.807, 2.05) is 11.3 Å². The fourth-order valence-electron chi connectivity index (χ4n) is 28.6. The number of nitrogens with zero attached hydrogens (tertiary/aromatic N) is 4. The molecule has 9 heteroatoms. The van der Waals surface area contributed by atoms with Crippen LogP contribution in [0.5, 0.6) is 0 Å². The van der Waals surface area contributed by atoms with Crippen molar-refractivity contribution < 1.29 is 8.83 Å². The Labute approximate surface area is 811 Å². The van der Waals surface area contributed by atoms with Crippen LogP contribution in [0.15, 0.2) is 258 Å². The molecule has 0 bridgehead atoms. The van der Waals surface area contributed by atoms with E-state index >= 15 is 0 Å². The van der Waals surface area contributed by atoms with Crippen LogP contribution in [0.3, 0.4) is 0 Å². The maximum absolute atomic E-state index is 8.18. The van der Waals surface area contributed by atoms with E-state index in [9.17, 15) is 0 Å². The molecule has 1 atom stereocenters. The Kier molecular flexibility index (Phi) is 16.1. The van der Waals surface area contributed by atoms with Gasteiger partial charge in [0.25, 0.3) is 0 Å². The number of anilines is 10. The molecule has 0 saturated carbocycles. The van der Waals surface area contributed by atoms with E-state index in [1.165, 1.54) is 222 Å². The molecule has 10 aliphatic rings. The molecular formula is C128H118B2N4O2S. The van der Waals surface area contributed by atoms with Crippen molar-refractivity contribution in [2.24, 2.45) is 0 Å². The summed E-state index contributed by atoms with van der Waals surface area (Å²) in [5, 5.41) is 7.20. The quantitative estimate of drug-likeness (QED) is 0.160. The highest BCUT2D eigenvalue weighted by molar-refractivity contribution is 7.26. The first-order valence-corrected chi connectivity index (χ1v) is 51.6. The van der Waals surface area contributed by atoms with E-state index in [4.69, 9.17) is 8.83 Å². The molecule has 4 aliphatic carbocycles. The summed E-state index contributed by atoms with van der Waals surface area (Å²) in [7, 11) is 0. The van der Waals surface area contributed by atoms with Gasteiger partial charge in [0.1, 0.15) is 16.7 Å². The largest absolute Gasteiger partial charge is 0.455 e. The average Bonchev–Trinajstić information content (AvgIpc) is 1.66. The minimum Gasteiger partial charge on any atom is -0.455 e. The van der Waals surface area contributed by atoms with Crippen LogP contribution in [0, 0.1) is 6.92 Å². The van der Waals surface area contributed by atoms with E-state index < -0.39 is 0 Å². The molecule has 9 heterocycles. The summed E-state index contributed by atoms with van der Waals surface area (Å²) < 4.78 is 18.2. The lowest BCUT2D eigenvalue weighted by Crippen LogP contribution is -2.63. The maximum Gasteiger partial charge on any atom is 0.333 e. The summed E-state index contributed by atoms with van der Waals surface area (Å²) in [4.78, 5) is 11.1. The van der Waals surface area contributed by atoms with Gasteiger partial charge in [-0.05, 0) is 302 Å². The summed E-state index contributed by atoms with van der Waals surface area (Å²) in [6, 6.07) is 99.6. The molecule has 0 radical (unpaired) electrons. The Morgan fingerprint density at radius 1 is 0.314 bits per heavy atom. The number of para-hydroxylation sites is 5. The van der Waals surface area contributed by atoms with Crippen molar-refractivity contribution in [3.63, 3.8) is 0 Å². The first-order chi connectivity index (χ1) is 65.3. The summed E-state index contributed by atoms with van der Waals surface area (Å²) >= 11 is 1.98. The molecule has 28 rings (SSSR count). The van der Waals surface area contributed by atoms with Crippen molar-refractivity contribution in [2.75, 3.05) is 19.4 Å². The summed E-state index contributed by atoms with van der Waals surface area (Å²) in [5.74, 6) is 0. The number of benzene rings is 15. The number of hydrogen-bond donors (Lipinski definition) is 0. The Hall–Kier alpha value is -12.6. The van der Waals surface area contributed by atoms with Crippen molar-refractivity contribution in [2.45, 2.75) is 244 Å². The molecule has 0 N–H and O–H groups in total. The molecule has 1 unspecified atom stereocenters. The van der Waals surface area contributed by atoms with E-state index in [1.54, 1.807) is 0 Å².